The summed E-state index contributed by atoms with van der Waals surface area (Å²) in [6.45, 7) is 2.97. The van der Waals surface area contributed by atoms with Gasteiger partial charge in [-0.25, -0.2) is 9.97 Å². The lowest BCUT2D eigenvalue weighted by Gasteiger charge is -2.10. The van der Waals surface area contributed by atoms with E-state index in [1.165, 1.54) is 16.0 Å². The van der Waals surface area contributed by atoms with Crippen molar-refractivity contribution < 1.29 is 0 Å². The molecule has 21 heavy (non-hydrogen) atoms. The van der Waals surface area contributed by atoms with E-state index in [2.05, 4.69) is 46.5 Å². The first kappa shape index (κ1) is 14.0. The van der Waals surface area contributed by atoms with Gasteiger partial charge in [0, 0.05) is 16.8 Å². The van der Waals surface area contributed by atoms with E-state index in [1.807, 2.05) is 25.2 Å². The van der Waals surface area contributed by atoms with Gasteiger partial charge in [-0.2, -0.15) is 0 Å². The van der Waals surface area contributed by atoms with Crippen LogP contribution in [-0.2, 0) is 6.54 Å². The van der Waals surface area contributed by atoms with Crippen LogP contribution in [0.5, 0.6) is 0 Å². The van der Waals surface area contributed by atoms with Crippen molar-refractivity contribution in [1.82, 2.24) is 15.3 Å². The topological polar surface area (TPSA) is 37.8 Å². The van der Waals surface area contributed by atoms with Crippen LogP contribution in [0.25, 0.3) is 10.9 Å². The number of aryl methyl sites for hydroxylation is 1. The highest BCUT2D eigenvalue weighted by Gasteiger charge is 2.09. The molecule has 0 aliphatic heterocycles. The molecule has 3 aromatic rings. The number of hydrogen-bond donors (Lipinski definition) is 1. The van der Waals surface area contributed by atoms with E-state index in [0.717, 1.165) is 22.5 Å². The van der Waals surface area contributed by atoms with Gasteiger partial charge in [-0.15, -0.1) is 0 Å². The van der Waals surface area contributed by atoms with Crippen molar-refractivity contribution in [2.24, 2.45) is 0 Å². The van der Waals surface area contributed by atoms with Gasteiger partial charge in [0.25, 0.3) is 0 Å². The zero-order valence-electron chi connectivity index (χ0n) is 12.1. The van der Waals surface area contributed by atoms with Crippen molar-refractivity contribution in [2.45, 2.75) is 23.4 Å². The second-order valence-corrected chi connectivity index (χ2v) is 5.97. The number of nitrogens with one attached hydrogen (secondary N) is 1. The smallest absolute Gasteiger partial charge is 0.117 e. The van der Waals surface area contributed by atoms with Gasteiger partial charge in [-0.3, -0.25) is 0 Å². The molecule has 1 aromatic heterocycles. The summed E-state index contributed by atoms with van der Waals surface area (Å²) in [6, 6.07) is 14.7. The summed E-state index contributed by atoms with van der Waals surface area (Å²) in [7, 11) is 1.97. The van der Waals surface area contributed by atoms with E-state index in [4.69, 9.17) is 0 Å². The molecule has 0 aliphatic carbocycles. The van der Waals surface area contributed by atoms with Gasteiger partial charge < -0.3 is 5.32 Å². The quantitative estimate of drug-likeness (QED) is 0.743. The fraction of sp³-hybridized carbons (Fsp3) is 0.176. The van der Waals surface area contributed by atoms with E-state index in [0.29, 0.717) is 0 Å². The molecular formula is C17H17N3S. The van der Waals surface area contributed by atoms with Crippen molar-refractivity contribution in [3.8, 4) is 0 Å². The molecule has 1 heterocycles. The van der Waals surface area contributed by atoms with E-state index in [-0.39, 0.29) is 0 Å². The Hall–Kier alpha value is -1.91. The number of aromatic nitrogens is 2. The lowest BCUT2D eigenvalue weighted by Crippen LogP contribution is -2.06. The van der Waals surface area contributed by atoms with Crippen LogP contribution in [0, 0.1) is 6.92 Å². The predicted molar refractivity (Wildman–Crippen MR) is 87.6 cm³/mol. The van der Waals surface area contributed by atoms with Crippen LogP contribution in [0.4, 0.5) is 0 Å². The largest absolute Gasteiger partial charge is 0.316 e. The zero-order valence-corrected chi connectivity index (χ0v) is 12.9. The molecular weight excluding hydrogens is 278 g/mol. The second kappa shape index (κ2) is 6.24. The average molecular weight is 295 g/mol. The fourth-order valence-corrected chi connectivity index (χ4v) is 3.29. The Morgan fingerprint density at radius 3 is 2.81 bits per heavy atom. The zero-order chi connectivity index (χ0) is 14.7. The Bertz CT molecular complexity index is 766. The van der Waals surface area contributed by atoms with Crippen molar-refractivity contribution in [1.29, 1.82) is 0 Å². The summed E-state index contributed by atoms with van der Waals surface area (Å²) in [5, 5.41) is 5.33. The summed E-state index contributed by atoms with van der Waals surface area (Å²) in [6.07, 6.45) is 1.64. The lowest BCUT2D eigenvalue weighted by molar-refractivity contribution is 0.802. The first-order valence-corrected chi connectivity index (χ1v) is 7.71. The highest BCUT2D eigenvalue weighted by atomic mass is 32.2. The minimum Gasteiger partial charge on any atom is -0.316 e. The molecule has 0 unspecified atom stereocenters. The van der Waals surface area contributed by atoms with Crippen LogP contribution >= 0.6 is 11.8 Å². The molecule has 2 aromatic carbocycles. The van der Waals surface area contributed by atoms with Gasteiger partial charge in [-0.1, -0.05) is 47.7 Å². The first-order valence-electron chi connectivity index (χ1n) is 6.89. The van der Waals surface area contributed by atoms with Crippen LogP contribution in [0.15, 0.2) is 58.7 Å². The third kappa shape index (κ3) is 3.06. The minimum absolute atomic E-state index is 0.854. The highest BCUT2D eigenvalue weighted by molar-refractivity contribution is 7.99. The SMILES string of the molecule is CNCc1cc(C)ccc1Sc1ncnc2ccccc12. The Balaban J connectivity index is 2.02. The van der Waals surface area contributed by atoms with Crippen LogP contribution in [0.3, 0.4) is 0 Å². The average Bonchev–Trinajstić information content (AvgIpc) is 2.50. The van der Waals surface area contributed by atoms with Gasteiger partial charge in [0.15, 0.2) is 0 Å². The number of nitrogens with zero attached hydrogens (tertiary/aromatic N) is 2. The van der Waals surface area contributed by atoms with E-state index in [9.17, 15) is 0 Å². The standard InChI is InChI=1S/C17H17N3S/c1-12-7-8-16(13(9-12)10-18-2)21-17-14-5-3-4-6-15(14)19-11-20-17/h3-9,11,18H,10H2,1-2H3. The summed E-state index contributed by atoms with van der Waals surface area (Å²) < 4.78 is 0. The summed E-state index contributed by atoms with van der Waals surface area (Å²) in [5.74, 6) is 0. The number of hydrogen-bond acceptors (Lipinski definition) is 4. The Morgan fingerprint density at radius 2 is 1.95 bits per heavy atom. The molecule has 3 nitrogen and oxygen atoms in total. The molecule has 4 heteroatoms. The Morgan fingerprint density at radius 1 is 1.10 bits per heavy atom. The van der Waals surface area contributed by atoms with Gasteiger partial charge >= 0.3 is 0 Å². The molecule has 0 amide bonds. The first-order chi connectivity index (χ1) is 10.3. The molecule has 0 saturated carbocycles. The molecule has 0 spiro atoms. The van der Waals surface area contributed by atoms with Crippen molar-refractivity contribution in [3.05, 3.63) is 59.9 Å². The maximum absolute atomic E-state index is 4.46. The van der Waals surface area contributed by atoms with Crippen molar-refractivity contribution in [2.75, 3.05) is 7.05 Å². The lowest BCUT2D eigenvalue weighted by atomic mass is 10.1. The molecule has 0 atom stereocenters. The number of para-hydroxylation sites is 1. The van der Waals surface area contributed by atoms with Gasteiger partial charge in [0.05, 0.1) is 5.52 Å². The molecule has 1 N–H and O–H groups in total. The monoisotopic (exact) mass is 295 g/mol. The normalized spacial score (nSPS) is 11.0. The Kier molecular flexibility index (Phi) is 4.18. The fourth-order valence-electron chi connectivity index (χ4n) is 2.30. The summed E-state index contributed by atoms with van der Waals surface area (Å²) in [5.41, 5.74) is 3.56. The second-order valence-electron chi connectivity index (χ2n) is 4.94. The van der Waals surface area contributed by atoms with Crippen molar-refractivity contribution in [3.63, 3.8) is 0 Å². The van der Waals surface area contributed by atoms with Crippen LogP contribution < -0.4 is 5.32 Å². The number of rotatable bonds is 4. The molecule has 3 rings (SSSR count). The van der Waals surface area contributed by atoms with Crippen LogP contribution in [-0.4, -0.2) is 17.0 Å². The van der Waals surface area contributed by atoms with Gasteiger partial charge in [-0.05, 0) is 31.7 Å². The molecule has 106 valence electrons. The van der Waals surface area contributed by atoms with Crippen molar-refractivity contribution >= 4 is 22.7 Å². The maximum atomic E-state index is 4.46. The minimum atomic E-state index is 0.854. The van der Waals surface area contributed by atoms with Crippen LogP contribution in [0.2, 0.25) is 0 Å². The summed E-state index contributed by atoms with van der Waals surface area (Å²) in [4.78, 5) is 10.0. The van der Waals surface area contributed by atoms with Gasteiger partial charge in [0.2, 0.25) is 0 Å². The summed E-state index contributed by atoms with van der Waals surface area (Å²) >= 11 is 1.70. The number of benzene rings is 2. The van der Waals surface area contributed by atoms with E-state index in [1.54, 1.807) is 18.1 Å². The van der Waals surface area contributed by atoms with Gasteiger partial charge in [0.1, 0.15) is 11.4 Å². The predicted octanol–water partition coefficient (Wildman–Crippen LogP) is 3.81. The van der Waals surface area contributed by atoms with E-state index < -0.39 is 0 Å². The molecule has 0 saturated heterocycles. The molecule has 0 radical (unpaired) electrons. The van der Waals surface area contributed by atoms with Crippen LogP contribution in [0.1, 0.15) is 11.1 Å². The third-order valence-electron chi connectivity index (χ3n) is 3.30. The van der Waals surface area contributed by atoms with E-state index >= 15 is 0 Å². The molecule has 0 aliphatic rings. The highest BCUT2D eigenvalue weighted by Crippen LogP contribution is 2.33. The number of fused-ring (bicyclic) bond motifs is 1. The molecule has 0 bridgehead atoms. The molecule has 0 fully saturated rings. The maximum Gasteiger partial charge on any atom is 0.117 e. The third-order valence-corrected chi connectivity index (χ3v) is 4.43. The Labute approximate surface area is 128 Å².